The van der Waals surface area contributed by atoms with Gasteiger partial charge in [-0.15, -0.1) is 0 Å². The molecule has 0 aromatic heterocycles. The summed E-state index contributed by atoms with van der Waals surface area (Å²) in [6.45, 7) is 2.83. The van der Waals surface area contributed by atoms with Crippen LogP contribution in [0.1, 0.15) is 51.0 Å². The summed E-state index contributed by atoms with van der Waals surface area (Å²) in [6, 6.07) is 7.91. The van der Waals surface area contributed by atoms with E-state index in [1.807, 2.05) is 24.3 Å². The van der Waals surface area contributed by atoms with Gasteiger partial charge in [-0.05, 0) is 30.9 Å². The summed E-state index contributed by atoms with van der Waals surface area (Å²) in [5.41, 5.74) is 1.11. The van der Waals surface area contributed by atoms with Crippen molar-refractivity contribution in [1.82, 2.24) is 0 Å². The van der Waals surface area contributed by atoms with Gasteiger partial charge >= 0.3 is 0 Å². The van der Waals surface area contributed by atoms with Crippen molar-refractivity contribution in [1.29, 1.82) is 0 Å². The van der Waals surface area contributed by atoms with Gasteiger partial charge in [-0.25, -0.2) is 0 Å². The predicted octanol–water partition coefficient (Wildman–Crippen LogP) is 4.74. The summed E-state index contributed by atoms with van der Waals surface area (Å²) in [7, 11) is 0. The van der Waals surface area contributed by atoms with E-state index in [4.69, 9.17) is 21.1 Å². The third kappa shape index (κ3) is 2.74. The topological polar surface area (TPSA) is 21.8 Å². The first-order valence-corrected chi connectivity index (χ1v) is 8.17. The van der Waals surface area contributed by atoms with Crippen LogP contribution in [0.4, 0.5) is 0 Å². The van der Waals surface area contributed by atoms with Crippen molar-refractivity contribution < 1.29 is 9.47 Å². The molecule has 2 fully saturated rings. The van der Waals surface area contributed by atoms with Gasteiger partial charge in [0.15, 0.2) is 0 Å². The van der Waals surface area contributed by atoms with Crippen LogP contribution in [0, 0.1) is 0 Å². The first-order valence-electron chi connectivity index (χ1n) is 7.79. The first-order chi connectivity index (χ1) is 9.76. The van der Waals surface area contributed by atoms with E-state index < -0.39 is 0 Å². The van der Waals surface area contributed by atoms with Crippen LogP contribution in [-0.2, 0) is 16.1 Å². The van der Waals surface area contributed by atoms with Crippen molar-refractivity contribution in [2.45, 2.75) is 69.9 Å². The van der Waals surface area contributed by atoms with Gasteiger partial charge in [-0.2, -0.15) is 0 Å². The van der Waals surface area contributed by atoms with Crippen LogP contribution in [-0.4, -0.2) is 17.8 Å². The molecule has 3 heteroatoms. The van der Waals surface area contributed by atoms with Crippen molar-refractivity contribution in [3.63, 3.8) is 0 Å². The number of benzene rings is 1. The molecular formula is C17H23ClO2. The molecule has 0 spiro atoms. The van der Waals surface area contributed by atoms with E-state index in [2.05, 4.69) is 6.92 Å². The maximum absolute atomic E-state index is 6.18. The lowest BCUT2D eigenvalue weighted by Crippen LogP contribution is -2.30. The largest absolute Gasteiger partial charge is 0.370 e. The number of rotatable bonds is 7. The molecule has 0 unspecified atom stereocenters. The quantitative estimate of drug-likeness (QED) is 0.535. The Morgan fingerprint density at radius 2 is 2.15 bits per heavy atom. The van der Waals surface area contributed by atoms with E-state index in [1.165, 1.54) is 19.3 Å². The number of halogens is 1. The molecule has 1 heterocycles. The van der Waals surface area contributed by atoms with Crippen molar-refractivity contribution in [2.24, 2.45) is 0 Å². The number of hydrogen-bond acceptors (Lipinski definition) is 2. The van der Waals surface area contributed by atoms with Crippen LogP contribution < -0.4 is 0 Å². The van der Waals surface area contributed by atoms with E-state index in [-0.39, 0.29) is 11.7 Å². The number of epoxide rings is 1. The third-order valence-corrected chi connectivity index (χ3v) is 5.02. The van der Waals surface area contributed by atoms with Gasteiger partial charge in [0.2, 0.25) is 0 Å². The second-order valence-electron chi connectivity index (χ2n) is 5.99. The van der Waals surface area contributed by atoms with E-state index in [0.717, 1.165) is 29.8 Å². The van der Waals surface area contributed by atoms with Crippen LogP contribution in [0.2, 0.25) is 5.02 Å². The summed E-state index contributed by atoms with van der Waals surface area (Å²) < 4.78 is 12.1. The summed E-state index contributed by atoms with van der Waals surface area (Å²) in [6.07, 6.45) is 7.93. The molecule has 0 bridgehead atoms. The average molecular weight is 295 g/mol. The highest BCUT2D eigenvalue weighted by atomic mass is 35.5. The van der Waals surface area contributed by atoms with Gasteiger partial charge in [-0.3, -0.25) is 0 Å². The molecule has 0 amide bonds. The third-order valence-electron chi connectivity index (χ3n) is 4.65. The molecule has 1 saturated heterocycles. The molecule has 1 aromatic carbocycles. The van der Waals surface area contributed by atoms with E-state index >= 15 is 0 Å². The monoisotopic (exact) mass is 294 g/mol. The number of unbranched alkanes of at least 4 members (excludes halogenated alkanes) is 2. The van der Waals surface area contributed by atoms with Crippen molar-refractivity contribution in [2.75, 3.05) is 0 Å². The van der Waals surface area contributed by atoms with E-state index in [9.17, 15) is 0 Å². The van der Waals surface area contributed by atoms with Crippen LogP contribution in [0.25, 0.3) is 0 Å². The van der Waals surface area contributed by atoms with Gasteiger partial charge in [0.1, 0.15) is 5.60 Å². The molecule has 1 aliphatic carbocycles. The molecule has 110 valence electrons. The summed E-state index contributed by atoms with van der Waals surface area (Å²) in [4.78, 5) is 0. The Hall–Kier alpha value is -0.570. The van der Waals surface area contributed by atoms with Crippen LogP contribution in [0.3, 0.4) is 0 Å². The highest BCUT2D eigenvalue weighted by molar-refractivity contribution is 6.31. The molecule has 1 saturated carbocycles. The van der Waals surface area contributed by atoms with Crippen molar-refractivity contribution >= 4 is 11.6 Å². The van der Waals surface area contributed by atoms with Crippen molar-refractivity contribution in [3.05, 3.63) is 34.9 Å². The molecule has 1 aliphatic heterocycles. The fraction of sp³-hybridized carbons (Fsp3) is 0.647. The molecule has 0 N–H and O–H groups in total. The van der Waals surface area contributed by atoms with Gasteiger partial charge < -0.3 is 9.47 Å². The van der Waals surface area contributed by atoms with Gasteiger partial charge in [0, 0.05) is 5.02 Å². The molecule has 20 heavy (non-hydrogen) atoms. The van der Waals surface area contributed by atoms with Crippen LogP contribution in [0.15, 0.2) is 24.3 Å². The molecule has 3 atom stereocenters. The fourth-order valence-electron chi connectivity index (χ4n) is 3.43. The van der Waals surface area contributed by atoms with E-state index in [0.29, 0.717) is 12.7 Å². The Morgan fingerprint density at radius 3 is 2.90 bits per heavy atom. The van der Waals surface area contributed by atoms with Gasteiger partial charge in [0.25, 0.3) is 0 Å². The number of fused-ring (bicyclic) bond motifs is 1. The zero-order chi connectivity index (χ0) is 14.0. The Kier molecular flexibility index (Phi) is 4.34. The number of ether oxygens (including phenoxy) is 2. The van der Waals surface area contributed by atoms with Crippen molar-refractivity contribution in [3.8, 4) is 0 Å². The standard InChI is InChI=1S/C17H23ClO2/c1-2-3-6-11-17-15(9-10-16(17)20-17)19-12-13-7-4-5-8-14(13)18/h4-5,7-8,15-16H,2-3,6,9-12H2,1H3/t15-,16+,17+/m1/s1. The second kappa shape index (κ2) is 6.05. The average Bonchev–Trinajstić information content (AvgIpc) is 3.06. The first kappa shape index (κ1) is 14.4. The lowest BCUT2D eigenvalue weighted by atomic mass is 9.97. The number of hydrogen-bond donors (Lipinski definition) is 0. The lowest BCUT2D eigenvalue weighted by molar-refractivity contribution is -0.0213. The Bertz CT molecular complexity index is 462. The second-order valence-corrected chi connectivity index (χ2v) is 6.39. The molecular weight excluding hydrogens is 272 g/mol. The summed E-state index contributed by atoms with van der Waals surface area (Å²) in [5, 5.41) is 0.791. The van der Waals surface area contributed by atoms with Gasteiger partial charge in [-0.1, -0.05) is 56.0 Å². The van der Waals surface area contributed by atoms with E-state index in [1.54, 1.807) is 0 Å². The molecule has 2 nitrogen and oxygen atoms in total. The minimum atomic E-state index is 0.0381. The normalized spacial score (nSPS) is 31.3. The molecule has 2 aliphatic rings. The minimum absolute atomic E-state index is 0.0381. The highest BCUT2D eigenvalue weighted by Gasteiger charge is 2.65. The summed E-state index contributed by atoms with van der Waals surface area (Å²) in [5.74, 6) is 0. The fourth-order valence-corrected chi connectivity index (χ4v) is 3.62. The maximum atomic E-state index is 6.18. The predicted molar refractivity (Wildman–Crippen MR) is 81.0 cm³/mol. The Balaban J connectivity index is 1.56. The zero-order valence-electron chi connectivity index (χ0n) is 12.1. The minimum Gasteiger partial charge on any atom is -0.370 e. The van der Waals surface area contributed by atoms with Gasteiger partial charge in [0.05, 0.1) is 18.8 Å². The Morgan fingerprint density at radius 1 is 1.30 bits per heavy atom. The highest BCUT2D eigenvalue weighted by Crippen LogP contribution is 2.54. The summed E-state index contributed by atoms with van der Waals surface area (Å²) >= 11 is 6.18. The smallest absolute Gasteiger partial charge is 0.121 e. The molecule has 3 rings (SSSR count). The molecule has 1 aromatic rings. The Labute approximate surface area is 126 Å². The molecule has 0 radical (unpaired) electrons. The van der Waals surface area contributed by atoms with Crippen LogP contribution in [0.5, 0.6) is 0 Å². The maximum Gasteiger partial charge on any atom is 0.121 e. The lowest BCUT2D eigenvalue weighted by Gasteiger charge is -2.21. The zero-order valence-corrected chi connectivity index (χ0v) is 12.9. The SMILES string of the molecule is CCCCC[C@@]12O[C@H]1CC[C@H]2OCc1ccccc1Cl. The van der Waals surface area contributed by atoms with Crippen LogP contribution >= 0.6 is 11.6 Å².